The van der Waals surface area contributed by atoms with Crippen LogP contribution in [0.1, 0.15) is 0 Å². The van der Waals surface area contributed by atoms with Gasteiger partial charge in [0.15, 0.2) is 5.82 Å². The van der Waals surface area contributed by atoms with E-state index in [4.69, 9.17) is 5.73 Å². The van der Waals surface area contributed by atoms with Gasteiger partial charge in [-0.25, -0.2) is 4.39 Å². The van der Waals surface area contributed by atoms with Crippen molar-refractivity contribution in [2.45, 2.75) is 0 Å². The largest absolute Gasteiger partial charge is 0.381 e. The van der Waals surface area contributed by atoms with Crippen molar-refractivity contribution in [2.24, 2.45) is 0 Å². The Bertz CT molecular complexity index is 450. The van der Waals surface area contributed by atoms with Crippen LogP contribution in [-0.2, 0) is 0 Å². The summed E-state index contributed by atoms with van der Waals surface area (Å²) in [6, 6.07) is 6.09. The van der Waals surface area contributed by atoms with Crippen LogP contribution in [0.5, 0.6) is 0 Å². The van der Waals surface area contributed by atoms with Crippen molar-refractivity contribution in [1.82, 2.24) is 10.2 Å². The van der Waals surface area contributed by atoms with Crippen LogP contribution in [0.15, 0.2) is 28.7 Å². The summed E-state index contributed by atoms with van der Waals surface area (Å²) in [6.45, 7) is 0. The molecule has 1 aromatic heterocycles. The number of nitrogens with zero attached hydrogens (tertiary/aromatic N) is 1. The number of nitrogen functional groups attached to an aromatic ring is 1. The maximum absolute atomic E-state index is 12.6. The summed E-state index contributed by atoms with van der Waals surface area (Å²) < 4.78 is 13.3. The Labute approximate surface area is 88.3 Å². The first-order chi connectivity index (χ1) is 6.68. The van der Waals surface area contributed by atoms with Crippen molar-refractivity contribution in [3.63, 3.8) is 0 Å². The fraction of sp³-hybridized carbons (Fsp3) is 0. The third kappa shape index (κ3) is 1.50. The highest BCUT2D eigenvalue weighted by Gasteiger charge is 2.09. The van der Waals surface area contributed by atoms with Crippen LogP contribution in [-0.4, -0.2) is 10.2 Å². The summed E-state index contributed by atoms with van der Waals surface area (Å²) in [4.78, 5) is 0. The summed E-state index contributed by atoms with van der Waals surface area (Å²) in [6.07, 6.45) is 0. The minimum atomic E-state index is -0.266. The number of anilines is 1. The molecule has 0 atom stereocenters. The summed E-state index contributed by atoms with van der Waals surface area (Å²) in [5.74, 6) is 0.127. The van der Waals surface area contributed by atoms with E-state index < -0.39 is 0 Å². The molecule has 2 rings (SSSR count). The smallest absolute Gasteiger partial charge is 0.160 e. The van der Waals surface area contributed by atoms with E-state index in [0.29, 0.717) is 10.3 Å². The standard InChI is InChI=1S/C9H7BrFN3/c10-7-8(13-14-9(7)12)5-1-3-6(11)4-2-5/h1-4H,(H3,12,13,14). The molecule has 0 saturated heterocycles. The number of hydrogen-bond donors (Lipinski definition) is 2. The van der Waals surface area contributed by atoms with E-state index in [1.807, 2.05) is 0 Å². The van der Waals surface area contributed by atoms with Gasteiger partial charge in [-0.2, -0.15) is 5.10 Å². The number of rotatable bonds is 1. The third-order valence-electron chi connectivity index (χ3n) is 1.87. The van der Waals surface area contributed by atoms with Crippen molar-refractivity contribution < 1.29 is 4.39 Å². The lowest BCUT2D eigenvalue weighted by Crippen LogP contribution is -1.83. The molecular weight excluding hydrogens is 249 g/mol. The van der Waals surface area contributed by atoms with Gasteiger partial charge >= 0.3 is 0 Å². The molecule has 0 radical (unpaired) electrons. The van der Waals surface area contributed by atoms with Gasteiger partial charge in [0.1, 0.15) is 5.82 Å². The van der Waals surface area contributed by atoms with Gasteiger partial charge < -0.3 is 5.73 Å². The van der Waals surface area contributed by atoms with Crippen LogP contribution in [0.4, 0.5) is 10.2 Å². The molecule has 0 spiro atoms. The summed E-state index contributed by atoms with van der Waals surface area (Å²) >= 11 is 3.29. The molecule has 0 fully saturated rings. The van der Waals surface area contributed by atoms with Gasteiger partial charge in [-0.3, -0.25) is 5.10 Å². The molecule has 0 aliphatic heterocycles. The number of H-pyrrole nitrogens is 1. The van der Waals surface area contributed by atoms with E-state index in [-0.39, 0.29) is 5.82 Å². The summed E-state index contributed by atoms with van der Waals surface area (Å²) in [5, 5.41) is 6.59. The van der Waals surface area contributed by atoms with Crippen LogP contribution in [0, 0.1) is 5.82 Å². The van der Waals surface area contributed by atoms with E-state index >= 15 is 0 Å². The molecule has 1 aromatic carbocycles. The molecule has 0 aliphatic rings. The van der Waals surface area contributed by atoms with Gasteiger partial charge in [0.05, 0.1) is 10.2 Å². The molecule has 14 heavy (non-hydrogen) atoms. The Kier molecular flexibility index (Phi) is 2.25. The number of benzene rings is 1. The van der Waals surface area contributed by atoms with Crippen LogP contribution < -0.4 is 5.73 Å². The number of aromatic amines is 1. The second kappa shape index (κ2) is 3.42. The van der Waals surface area contributed by atoms with E-state index in [2.05, 4.69) is 26.1 Å². The zero-order valence-electron chi connectivity index (χ0n) is 7.09. The Morgan fingerprint density at radius 2 is 1.93 bits per heavy atom. The molecular formula is C9H7BrFN3. The third-order valence-corrected chi connectivity index (χ3v) is 2.67. The molecule has 2 aromatic rings. The van der Waals surface area contributed by atoms with Gasteiger partial charge in [0.2, 0.25) is 0 Å². The number of halogens is 2. The van der Waals surface area contributed by atoms with Crippen LogP contribution in [0.2, 0.25) is 0 Å². The SMILES string of the molecule is Nc1n[nH]c(-c2ccc(F)cc2)c1Br. The average Bonchev–Trinajstić information content (AvgIpc) is 2.50. The van der Waals surface area contributed by atoms with Crippen molar-refractivity contribution in [1.29, 1.82) is 0 Å². The minimum Gasteiger partial charge on any atom is -0.381 e. The number of hydrogen-bond acceptors (Lipinski definition) is 2. The Morgan fingerprint density at radius 3 is 2.43 bits per heavy atom. The molecule has 72 valence electrons. The predicted molar refractivity (Wildman–Crippen MR) is 56.1 cm³/mol. The fourth-order valence-electron chi connectivity index (χ4n) is 1.15. The molecule has 5 heteroatoms. The molecule has 3 nitrogen and oxygen atoms in total. The lowest BCUT2D eigenvalue weighted by Gasteiger charge is -1.97. The molecule has 0 amide bonds. The van der Waals surface area contributed by atoms with E-state index in [0.717, 1.165) is 11.3 Å². The zero-order chi connectivity index (χ0) is 10.1. The Morgan fingerprint density at radius 1 is 1.29 bits per heavy atom. The first kappa shape index (κ1) is 9.21. The van der Waals surface area contributed by atoms with Gasteiger partial charge in [-0.05, 0) is 40.2 Å². The average molecular weight is 256 g/mol. The number of nitrogens with two attached hydrogens (primary N) is 1. The molecule has 3 N–H and O–H groups in total. The number of nitrogens with one attached hydrogen (secondary N) is 1. The molecule has 0 aliphatic carbocycles. The zero-order valence-corrected chi connectivity index (χ0v) is 8.68. The topological polar surface area (TPSA) is 54.7 Å². The summed E-state index contributed by atoms with van der Waals surface area (Å²) in [5.41, 5.74) is 7.13. The van der Waals surface area contributed by atoms with Gasteiger partial charge in [-0.15, -0.1) is 0 Å². The van der Waals surface area contributed by atoms with Crippen molar-refractivity contribution in [3.8, 4) is 11.3 Å². The lowest BCUT2D eigenvalue weighted by atomic mass is 10.1. The number of aromatic nitrogens is 2. The highest BCUT2D eigenvalue weighted by atomic mass is 79.9. The molecule has 0 unspecified atom stereocenters. The van der Waals surface area contributed by atoms with Crippen molar-refractivity contribution >= 4 is 21.7 Å². The minimum absolute atomic E-state index is 0.266. The highest BCUT2D eigenvalue weighted by Crippen LogP contribution is 2.29. The normalized spacial score (nSPS) is 10.4. The second-order valence-corrected chi connectivity index (χ2v) is 3.60. The fourth-order valence-corrected chi connectivity index (χ4v) is 1.56. The van der Waals surface area contributed by atoms with Gasteiger partial charge in [0.25, 0.3) is 0 Å². The maximum Gasteiger partial charge on any atom is 0.160 e. The maximum atomic E-state index is 12.6. The monoisotopic (exact) mass is 255 g/mol. The van der Waals surface area contributed by atoms with Crippen molar-refractivity contribution in [2.75, 3.05) is 5.73 Å². The molecule has 0 bridgehead atoms. The molecule has 1 heterocycles. The molecule has 0 saturated carbocycles. The summed E-state index contributed by atoms with van der Waals surface area (Å²) in [7, 11) is 0. The van der Waals surface area contributed by atoms with Crippen LogP contribution in [0.3, 0.4) is 0 Å². The second-order valence-electron chi connectivity index (χ2n) is 2.80. The van der Waals surface area contributed by atoms with Gasteiger partial charge in [0, 0.05) is 5.56 Å². The van der Waals surface area contributed by atoms with E-state index in [1.165, 1.54) is 12.1 Å². The first-order valence-corrected chi connectivity index (χ1v) is 4.73. The highest BCUT2D eigenvalue weighted by molar-refractivity contribution is 9.10. The lowest BCUT2D eigenvalue weighted by molar-refractivity contribution is 0.628. The predicted octanol–water partition coefficient (Wildman–Crippen LogP) is 2.56. The van der Waals surface area contributed by atoms with Gasteiger partial charge in [-0.1, -0.05) is 0 Å². The Balaban J connectivity index is 2.49. The Hall–Kier alpha value is -1.36. The van der Waals surface area contributed by atoms with E-state index in [1.54, 1.807) is 12.1 Å². The van der Waals surface area contributed by atoms with Crippen LogP contribution >= 0.6 is 15.9 Å². The van der Waals surface area contributed by atoms with Crippen LogP contribution in [0.25, 0.3) is 11.3 Å². The first-order valence-electron chi connectivity index (χ1n) is 3.94. The van der Waals surface area contributed by atoms with E-state index in [9.17, 15) is 4.39 Å². The quantitative estimate of drug-likeness (QED) is 0.823. The van der Waals surface area contributed by atoms with Crippen molar-refractivity contribution in [3.05, 3.63) is 34.6 Å².